The third-order valence-electron chi connectivity index (χ3n) is 4.50. The fourth-order valence-electron chi connectivity index (χ4n) is 3.06. The number of hydrogen-bond acceptors (Lipinski definition) is 3. The molecule has 1 fully saturated rings. The first-order valence-corrected chi connectivity index (χ1v) is 7.52. The van der Waals surface area contributed by atoms with Crippen LogP contribution in [-0.4, -0.2) is 11.5 Å². The molecule has 0 radical (unpaired) electrons. The van der Waals surface area contributed by atoms with Gasteiger partial charge in [-0.25, -0.2) is 0 Å². The summed E-state index contributed by atoms with van der Waals surface area (Å²) in [7, 11) is 0. The van der Waals surface area contributed by atoms with Gasteiger partial charge in [-0.2, -0.15) is 0 Å². The van der Waals surface area contributed by atoms with E-state index in [1.807, 2.05) is 12.1 Å². The minimum absolute atomic E-state index is 0.218. The van der Waals surface area contributed by atoms with Gasteiger partial charge in [0.05, 0.1) is 4.92 Å². The molecule has 0 bridgehead atoms. The number of nitrogens with zero attached hydrogens (tertiary/aromatic N) is 1. The van der Waals surface area contributed by atoms with Crippen LogP contribution in [-0.2, 0) is 6.54 Å². The third-order valence-corrected chi connectivity index (χ3v) is 4.50. The van der Waals surface area contributed by atoms with Gasteiger partial charge in [0.25, 0.3) is 5.69 Å². The number of aryl methyl sites for hydroxylation is 1. The number of nitro benzene ring substituents is 1. The summed E-state index contributed by atoms with van der Waals surface area (Å²) in [5, 5.41) is 14.4. The van der Waals surface area contributed by atoms with E-state index in [-0.39, 0.29) is 10.6 Å². The molecule has 2 unspecified atom stereocenters. The van der Waals surface area contributed by atoms with Gasteiger partial charge in [0.1, 0.15) is 0 Å². The SMILES string of the molecule is Cc1ccc(CNCC2CCCCC2C)cc1[N+](=O)[O-]. The van der Waals surface area contributed by atoms with E-state index in [4.69, 9.17) is 0 Å². The van der Waals surface area contributed by atoms with Crippen LogP contribution in [0.2, 0.25) is 0 Å². The molecule has 20 heavy (non-hydrogen) atoms. The van der Waals surface area contributed by atoms with E-state index in [0.717, 1.165) is 29.5 Å². The van der Waals surface area contributed by atoms with E-state index in [0.29, 0.717) is 6.54 Å². The van der Waals surface area contributed by atoms with E-state index in [9.17, 15) is 10.1 Å². The zero-order valence-electron chi connectivity index (χ0n) is 12.4. The molecule has 1 aliphatic carbocycles. The van der Waals surface area contributed by atoms with Gasteiger partial charge in [-0.3, -0.25) is 10.1 Å². The molecular formula is C16H24N2O2. The molecule has 0 aliphatic heterocycles. The quantitative estimate of drug-likeness (QED) is 0.657. The van der Waals surface area contributed by atoms with E-state index in [1.165, 1.54) is 25.7 Å². The highest BCUT2D eigenvalue weighted by atomic mass is 16.6. The van der Waals surface area contributed by atoms with Crippen LogP contribution in [0, 0.1) is 28.9 Å². The number of nitrogens with one attached hydrogen (secondary N) is 1. The van der Waals surface area contributed by atoms with Gasteiger partial charge in [0, 0.05) is 18.2 Å². The topological polar surface area (TPSA) is 55.2 Å². The molecular weight excluding hydrogens is 252 g/mol. The zero-order valence-corrected chi connectivity index (χ0v) is 12.4. The highest BCUT2D eigenvalue weighted by molar-refractivity contribution is 5.42. The molecule has 0 amide bonds. The molecule has 2 rings (SSSR count). The van der Waals surface area contributed by atoms with Crippen molar-refractivity contribution in [3.63, 3.8) is 0 Å². The molecule has 2 atom stereocenters. The highest BCUT2D eigenvalue weighted by Crippen LogP contribution is 2.29. The largest absolute Gasteiger partial charge is 0.312 e. The standard InChI is InChI=1S/C16H24N2O2/c1-12-5-3-4-6-15(12)11-17-10-14-8-7-13(2)16(9-14)18(19)20/h7-9,12,15,17H,3-6,10-11H2,1-2H3. The van der Waals surface area contributed by atoms with Crippen LogP contribution in [0.3, 0.4) is 0 Å². The predicted molar refractivity (Wildman–Crippen MR) is 80.7 cm³/mol. The first kappa shape index (κ1) is 15.0. The summed E-state index contributed by atoms with van der Waals surface area (Å²) in [5.41, 5.74) is 1.93. The van der Waals surface area contributed by atoms with Gasteiger partial charge < -0.3 is 5.32 Å². The summed E-state index contributed by atoms with van der Waals surface area (Å²) in [5.74, 6) is 1.55. The smallest absolute Gasteiger partial charge is 0.272 e. The van der Waals surface area contributed by atoms with Gasteiger partial charge in [-0.1, -0.05) is 38.3 Å². The Morgan fingerprint density at radius 3 is 2.80 bits per heavy atom. The molecule has 4 heteroatoms. The van der Waals surface area contributed by atoms with Crippen LogP contribution in [0.1, 0.15) is 43.7 Å². The Hall–Kier alpha value is -1.42. The second-order valence-electron chi connectivity index (χ2n) is 6.03. The summed E-state index contributed by atoms with van der Waals surface area (Å²) < 4.78 is 0. The normalized spacial score (nSPS) is 22.7. The lowest BCUT2D eigenvalue weighted by Gasteiger charge is -2.28. The summed E-state index contributed by atoms with van der Waals surface area (Å²) in [6.45, 7) is 5.84. The van der Waals surface area contributed by atoms with Gasteiger partial charge in [0.15, 0.2) is 0 Å². The highest BCUT2D eigenvalue weighted by Gasteiger charge is 2.20. The lowest BCUT2D eigenvalue weighted by molar-refractivity contribution is -0.385. The van der Waals surface area contributed by atoms with Crippen molar-refractivity contribution in [3.05, 3.63) is 39.4 Å². The Kier molecular flexibility index (Phi) is 5.12. The van der Waals surface area contributed by atoms with Crippen LogP contribution in [0.25, 0.3) is 0 Å². The minimum Gasteiger partial charge on any atom is -0.312 e. The number of rotatable bonds is 5. The molecule has 0 spiro atoms. The van der Waals surface area contributed by atoms with E-state index < -0.39 is 0 Å². The van der Waals surface area contributed by atoms with Crippen molar-refractivity contribution < 1.29 is 4.92 Å². The Bertz CT molecular complexity index is 474. The van der Waals surface area contributed by atoms with Crippen molar-refractivity contribution >= 4 is 5.69 Å². The summed E-state index contributed by atoms with van der Waals surface area (Å²) >= 11 is 0. The van der Waals surface area contributed by atoms with Crippen molar-refractivity contribution in [2.45, 2.75) is 46.1 Å². The fourth-order valence-corrected chi connectivity index (χ4v) is 3.06. The third kappa shape index (κ3) is 3.79. The molecule has 0 saturated heterocycles. The average Bonchev–Trinajstić information content (AvgIpc) is 2.42. The summed E-state index contributed by atoms with van der Waals surface area (Å²) in [6, 6.07) is 5.49. The Morgan fingerprint density at radius 1 is 1.35 bits per heavy atom. The van der Waals surface area contributed by atoms with Crippen LogP contribution in [0.4, 0.5) is 5.69 Å². The number of benzene rings is 1. The molecule has 0 aromatic heterocycles. The minimum atomic E-state index is -0.304. The monoisotopic (exact) mass is 276 g/mol. The molecule has 1 aliphatic rings. The number of hydrogen-bond donors (Lipinski definition) is 1. The first-order valence-electron chi connectivity index (χ1n) is 7.52. The van der Waals surface area contributed by atoms with Gasteiger partial charge in [-0.15, -0.1) is 0 Å². The molecule has 1 saturated carbocycles. The van der Waals surface area contributed by atoms with E-state index in [1.54, 1.807) is 13.0 Å². The first-order chi connectivity index (χ1) is 9.58. The number of nitro groups is 1. The van der Waals surface area contributed by atoms with Crippen LogP contribution in [0.5, 0.6) is 0 Å². The second-order valence-corrected chi connectivity index (χ2v) is 6.03. The maximum absolute atomic E-state index is 10.9. The zero-order chi connectivity index (χ0) is 14.5. The summed E-state index contributed by atoms with van der Waals surface area (Å²) in [6.07, 6.45) is 5.35. The predicted octanol–water partition coefficient (Wildman–Crippen LogP) is 3.82. The molecule has 0 heterocycles. The summed E-state index contributed by atoms with van der Waals surface area (Å²) in [4.78, 5) is 10.6. The van der Waals surface area contributed by atoms with Gasteiger partial charge >= 0.3 is 0 Å². The van der Waals surface area contributed by atoms with Crippen molar-refractivity contribution in [1.29, 1.82) is 0 Å². The van der Waals surface area contributed by atoms with Crippen LogP contribution >= 0.6 is 0 Å². The van der Waals surface area contributed by atoms with Crippen LogP contribution in [0.15, 0.2) is 18.2 Å². The van der Waals surface area contributed by atoms with E-state index >= 15 is 0 Å². The lowest BCUT2D eigenvalue weighted by Crippen LogP contribution is -2.29. The Balaban J connectivity index is 1.87. The van der Waals surface area contributed by atoms with Crippen molar-refractivity contribution in [1.82, 2.24) is 5.32 Å². The van der Waals surface area contributed by atoms with Gasteiger partial charge in [0.2, 0.25) is 0 Å². The average molecular weight is 276 g/mol. The van der Waals surface area contributed by atoms with Crippen molar-refractivity contribution in [2.24, 2.45) is 11.8 Å². The maximum atomic E-state index is 10.9. The molecule has 1 N–H and O–H groups in total. The molecule has 1 aromatic rings. The fraction of sp³-hybridized carbons (Fsp3) is 0.625. The molecule has 1 aromatic carbocycles. The molecule has 110 valence electrons. The maximum Gasteiger partial charge on any atom is 0.272 e. The van der Waals surface area contributed by atoms with Crippen LogP contribution < -0.4 is 5.32 Å². The Morgan fingerprint density at radius 2 is 2.10 bits per heavy atom. The van der Waals surface area contributed by atoms with Crippen molar-refractivity contribution in [2.75, 3.05) is 6.54 Å². The second kappa shape index (κ2) is 6.84. The molecule has 4 nitrogen and oxygen atoms in total. The Labute approximate surface area is 120 Å². The lowest BCUT2D eigenvalue weighted by atomic mass is 9.80. The van der Waals surface area contributed by atoms with Gasteiger partial charge in [-0.05, 0) is 37.3 Å². The van der Waals surface area contributed by atoms with Crippen molar-refractivity contribution in [3.8, 4) is 0 Å². The van der Waals surface area contributed by atoms with E-state index in [2.05, 4.69) is 12.2 Å².